The van der Waals surface area contributed by atoms with Crippen LogP contribution in [0.5, 0.6) is 0 Å². The quantitative estimate of drug-likeness (QED) is 0.634. The molecule has 2 aromatic carbocycles. The third-order valence-electron chi connectivity index (χ3n) is 4.50. The molecule has 164 valence electrons. The predicted molar refractivity (Wildman–Crippen MR) is 109 cm³/mol. The van der Waals surface area contributed by atoms with Gasteiger partial charge in [-0.05, 0) is 29.8 Å². The van der Waals surface area contributed by atoms with Crippen molar-refractivity contribution < 1.29 is 36.6 Å². The fourth-order valence-electron chi connectivity index (χ4n) is 2.85. The van der Waals surface area contributed by atoms with Gasteiger partial charge in [0.05, 0.1) is 10.6 Å². The average Bonchev–Trinajstić information content (AvgIpc) is 2.73. The Morgan fingerprint density at radius 3 is 1.83 bits per heavy atom. The maximum Gasteiger partial charge on any atom is 0.414 e. The molecule has 30 heavy (non-hydrogen) atoms. The number of rotatable bonds is 4. The van der Waals surface area contributed by atoms with Crippen LogP contribution in [0.25, 0.3) is 10.8 Å². The number of piperazine rings is 1. The highest BCUT2D eigenvalue weighted by molar-refractivity contribution is 7.89. The molecule has 3 rings (SSSR count). The Labute approximate surface area is 174 Å². The van der Waals surface area contributed by atoms with Crippen molar-refractivity contribution in [1.82, 2.24) is 8.61 Å². The lowest BCUT2D eigenvalue weighted by Gasteiger charge is -2.33. The minimum Gasteiger partial charge on any atom is -0.473 e. The van der Waals surface area contributed by atoms with Gasteiger partial charge in [0, 0.05) is 26.2 Å². The van der Waals surface area contributed by atoms with Crippen molar-refractivity contribution in [2.24, 2.45) is 0 Å². The predicted octanol–water partition coefficient (Wildman–Crippen LogP) is 0.651. The van der Waals surface area contributed by atoms with Gasteiger partial charge in [-0.3, -0.25) is 0 Å². The Morgan fingerprint density at radius 1 is 0.833 bits per heavy atom. The van der Waals surface area contributed by atoms with Crippen LogP contribution < -0.4 is 0 Å². The molecule has 1 saturated heterocycles. The first-order valence-electron chi connectivity index (χ1n) is 8.92. The van der Waals surface area contributed by atoms with Crippen LogP contribution >= 0.6 is 0 Å². The molecule has 0 amide bonds. The first-order valence-corrected chi connectivity index (χ1v) is 12.0. The van der Waals surface area contributed by atoms with Crippen LogP contribution in [0, 0.1) is 0 Å². The Hall–Kier alpha value is -2.54. The monoisotopic (exact) mass is 458 g/mol. The number of sulfonamides is 2. The molecule has 12 heteroatoms. The molecule has 0 bridgehead atoms. The zero-order chi connectivity index (χ0) is 22.5. The van der Waals surface area contributed by atoms with Gasteiger partial charge in [0.15, 0.2) is 0 Å². The second kappa shape index (κ2) is 9.51. The van der Waals surface area contributed by atoms with E-state index in [9.17, 15) is 16.8 Å². The van der Waals surface area contributed by atoms with Crippen molar-refractivity contribution in [2.75, 3.05) is 31.9 Å². The third kappa shape index (κ3) is 5.53. The summed E-state index contributed by atoms with van der Waals surface area (Å²) < 4.78 is 52.1. The van der Waals surface area contributed by atoms with Gasteiger partial charge in [-0.1, -0.05) is 30.3 Å². The molecular weight excluding hydrogens is 436 g/mol. The molecule has 1 aliphatic heterocycles. The van der Waals surface area contributed by atoms with Gasteiger partial charge >= 0.3 is 11.9 Å². The number of benzene rings is 2. The Bertz CT molecular complexity index is 1130. The standard InChI is InChI=1S/C16H20N2O4S2.C2H2O4/c1-2-23(19,20)17-9-11-18(12-10-17)24(21,22)16-8-7-14-5-3-4-6-15(14)13-16;3-1(4)2(5)6/h3-8,13H,2,9-12H2,1H3;(H,3,4)(H,5,6). The van der Waals surface area contributed by atoms with E-state index in [1.54, 1.807) is 25.1 Å². The number of carboxylic acid groups (broad SMARTS) is 2. The van der Waals surface area contributed by atoms with E-state index < -0.39 is 32.0 Å². The smallest absolute Gasteiger partial charge is 0.414 e. The Balaban J connectivity index is 0.000000469. The lowest BCUT2D eigenvalue weighted by Crippen LogP contribution is -2.50. The summed E-state index contributed by atoms with van der Waals surface area (Å²) in [5.41, 5.74) is 0. The zero-order valence-corrected chi connectivity index (χ0v) is 17.8. The number of carboxylic acids is 2. The number of hydrogen-bond donors (Lipinski definition) is 2. The second-order valence-corrected chi connectivity index (χ2v) is 10.5. The van der Waals surface area contributed by atoms with E-state index in [2.05, 4.69) is 0 Å². The minimum atomic E-state index is -3.62. The molecule has 10 nitrogen and oxygen atoms in total. The van der Waals surface area contributed by atoms with E-state index in [0.29, 0.717) is 0 Å². The highest BCUT2D eigenvalue weighted by Crippen LogP contribution is 2.23. The maximum atomic E-state index is 12.8. The summed E-state index contributed by atoms with van der Waals surface area (Å²) in [5.74, 6) is -3.62. The van der Waals surface area contributed by atoms with Gasteiger partial charge in [-0.2, -0.15) is 8.61 Å². The minimum absolute atomic E-state index is 0.0322. The van der Waals surface area contributed by atoms with E-state index >= 15 is 0 Å². The summed E-state index contributed by atoms with van der Waals surface area (Å²) in [4.78, 5) is 18.4. The zero-order valence-electron chi connectivity index (χ0n) is 16.1. The Morgan fingerprint density at radius 2 is 1.33 bits per heavy atom. The van der Waals surface area contributed by atoms with Crippen LogP contribution in [0.1, 0.15) is 6.92 Å². The van der Waals surface area contributed by atoms with Crippen molar-refractivity contribution in [3.05, 3.63) is 42.5 Å². The fourth-order valence-corrected chi connectivity index (χ4v) is 5.39. The molecule has 0 aromatic heterocycles. The van der Waals surface area contributed by atoms with Crippen molar-refractivity contribution in [2.45, 2.75) is 11.8 Å². The van der Waals surface area contributed by atoms with Crippen LogP contribution in [0.15, 0.2) is 47.4 Å². The largest absolute Gasteiger partial charge is 0.473 e. The van der Waals surface area contributed by atoms with Crippen molar-refractivity contribution in [3.63, 3.8) is 0 Å². The summed E-state index contributed by atoms with van der Waals surface area (Å²) in [6.45, 7) is 2.34. The third-order valence-corrected chi connectivity index (χ3v) is 8.27. The molecule has 0 spiro atoms. The van der Waals surface area contributed by atoms with Gasteiger partial charge in [0.2, 0.25) is 20.0 Å². The molecule has 1 aliphatic rings. The van der Waals surface area contributed by atoms with Gasteiger partial charge in [0.1, 0.15) is 0 Å². The van der Waals surface area contributed by atoms with Crippen LogP contribution in [-0.4, -0.2) is 79.5 Å². The maximum absolute atomic E-state index is 12.8. The van der Waals surface area contributed by atoms with Crippen LogP contribution in [0.2, 0.25) is 0 Å². The summed E-state index contributed by atoms with van der Waals surface area (Å²) >= 11 is 0. The highest BCUT2D eigenvalue weighted by atomic mass is 32.2. The van der Waals surface area contributed by atoms with E-state index in [1.807, 2.05) is 24.3 Å². The summed E-state index contributed by atoms with van der Waals surface area (Å²) in [7, 11) is -6.89. The van der Waals surface area contributed by atoms with E-state index in [0.717, 1.165) is 10.8 Å². The highest BCUT2D eigenvalue weighted by Gasteiger charge is 2.32. The molecule has 1 fully saturated rings. The number of aliphatic carboxylic acids is 2. The molecule has 0 radical (unpaired) electrons. The van der Waals surface area contributed by atoms with Crippen LogP contribution in [-0.2, 0) is 29.6 Å². The Kier molecular flexibility index (Phi) is 7.53. The number of hydrogen-bond acceptors (Lipinski definition) is 6. The molecule has 0 atom stereocenters. The molecule has 2 N–H and O–H groups in total. The van der Waals surface area contributed by atoms with Crippen LogP contribution in [0.4, 0.5) is 0 Å². The normalized spacial score (nSPS) is 15.9. The molecule has 0 aliphatic carbocycles. The van der Waals surface area contributed by atoms with Gasteiger partial charge in [0.25, 0.3) is 0 Å². The number of carbonyl (C=O) groups is 2. The lowest BCUT2D eigenvalue weighted by atomic mass is 10.1. The first kappa shape index (κ1) is 23.7. The summed E-state index contributed by atoms with van der Waals surface area (Å²) in [5, 5.41) is 16.6. The van der Waals surface area contributed by atoms with Crippen molar-refractivity contribution in [3.8, 4) is 0 Å². The second-order valence-electron chi connectivity index (χ2n) is 6.32. The summed E-state index contributed by atoms with van der Waals surface area (Å²) in [6.07, 6.45) is 0. The molecule has 0 saturated carbocycles. The van der Waals surface area contributed by atoms with Gasteiger partial charge in [-0.25, -0.2) is 26.4 Å². The molecule has 2 aromatic rings. The topological polar surface area (TPSA) is 149 Å². The summed E-state index contributed by atoms with van der Waals surface area (Å²) in [6, 6.07) is 12.6. The average molecular weight is 459 g/mol. The molecule has 0 unspecified atom stereocenters. The molecule has 1 heterocycles. The molecular formula is C18H22N2O8S2. The number of fused-ring (bicyclic) bond motifs is 1. The SMILES string of the molecule is CCS(=O)(=O)N1CCN(S(=O)(=O)c2ccc3ccccc3c2)CC1.O=C(O)C(=O)O. The van der Waals surface area contributed by atoms with E-state index in [-0.39, 0.29) is 36.8 Å². The van der Waals surface area contributed by atoms with Crippen LogP contribution in [0.3, 0.4) is 0 Å². The number of nitrogens with zero attached hydrogens (tertiary/aromatic N) is 2. The fraction of sp³-hybridized carbons (Fsp3) is 0.333. The van der Waals surface area contributed by atoms with Crippen molar-refractivity contribution >= 4 is 42.8 Å². The van der Waals surface area contributed by atoms with Gasteiger partial charge in [-0.15, -0.1) is 0 Å². The van der Waals surface area contributed by atoms with E-state index in [1.165, 1.54) is 8.61 Å². The van der Waals surface area contributed by atoms with Gasteiger partial charge < -0.3 is 10.2 Å². The first-order chi connectivity index (χ1) is 14.0. The lowest BCUT2D eigenvalue weighted by molar-refractivity contribution is -0.159. The van der Waals surface area contributed by atoms with Crippen molar-refractivity contribution in [1.29, 1.82) is 0 Å². The van der Waals surface area contributed by atoms with E-state index in [4.69, 9.17) is 19.8 Å².